The van der Waals surface area contributed by atoms with Crippen LogP contribution in [0.25, 0.3) is 0 Å². The number of rotatable bonds is 2. The summed E-state index contributed by atoms with van der Waals surface area (Å²) in [4.78, 5) is 3.99. The average molecular weight is 176 g/mol. The minimum Gasteiger partial charge on any atom is -0.246 e. The van der Waals surface area contributed by atoms with E-state index in [1.54, 1.807) is 13.2 Å². The zero-order valence-corrected chi connectivity index (χ0v) is 6.98. The van der Waals surface area contributed by atoms with E-state index < -0.39 is 0 Å². The highest BCUT2D eigenvalue weighted by Gasteiger charge is 1.96. The van der Waals surface area contributed by atoms with Gasteiger partial charge in [0.25, 0.3) is 0 Å². The van der Waals surface area contributed by atoms with Gasteiger partial charge in [0.2, 0.25) is 0 Å². The molecule has 0 fully saturated rings. The van der Waals surface area contributed by atoms with Crippen LogP contribution in [0.4, 0.5) is 0 Å². The van der Waals surface area contributed by atoms with Gasteiger partial charge in [0, 0.05) is 7.05 Å². The van der Waals surface area contributed by atoms with E-state index >= 15 is 0 Å². The minimum absolute atomic E-state index is 0.536. The Hall–Kier alpha value is -0.480. The first kappa shape index (κ1) is 7.63. The van der Waals surface area contributed by atoms with Crippen LogP contribution in [0.15, 0.2) is 16.4 Å². The van der Waals surface area contributed by atoms with E-state index in [9.17, 15) is 0 Å². The van der Waals surface area contributed by atoms with Crippen molar-refractivity contribution in [1.82, 2.24) is 4.98 Å². The van der Waals surface area contributed by atoms with Crippen molar-refractivity contribution < 1.29 is 0 Å². The number of azo groups is 1. The summed E-state index contributed by atoms with van der Waals surface area (Å²) < 4.78 is 0.696. The average Bonchev–Trinajstić information content (AvgIpc) is 2.31. The molecular formula is C5H6ClN3S. The summed E-state index contributed by atoms with van der Waals surface area (Å²) >= 11 is 7.05. The minimum atomic E-state index is 0.536. The fraction of sp³-hybridized carbons (Fsp3) is 0.400. The second-order valence-electron chi connectivity index (χ2n) is 1.56. The van der Waals surface area contributed by atoms with Crippen molar-refractivity contribution in [3.05, 3.63) is 15.5 Å². The summed E-state index contributed by atoms with van der Waals surface area (Å²) in [5, 5.41) is 8.26. The smallest absolute Gasteiger partial charge is 0.117 e. The molecule has 0 aliphatic heterocycles. The SMILES string of the molecule is CN=NCc1ncc(Cl)s1. The lowest BCUT2D eigenvalue weighted by Gasteiger charge is -1.81. The van der Waals surface area contributed by atoms with Crippen LogP contribution in [-0.2, 0) is 6.54 Å². The zero-order chi connectivity index (χ0) is 7.40. The molecule has 0 aromatic carbocycles. The molecule has 0 spiro atoms. The van der Waals surface area contributed by atoms with Gasteiger partial charge in [-0.1, -0.05) is 11.6 Å². The molecule has 0 bridgehead atoms. The molecule has 1 heterocycles. The van der Waals surface area contributed by atoms with Gasteiger partial charge in [0.1, 0.15) is 15.9 Å². The first-order valence-electron chi connectivity index (χ1n) is 2.68. The normalized spacial score (nSPS) is 11.0. The van der Waals surface area contributed by atoms with Crippen LogP contribution in [0, 0.1) is 0 Å². The van der Waals surface area contributed by atoms with Crippen LogP contribution in [0.5, 0.6) is 0 Å². The Morgan fingerprint density at radius 2 is 2.60 bits per heavy atom. The van der Waals surface area contributed by atoms with Crippen molar-refractivity contribution in [3.8, 4) is 0 Å². The molecule has 0 amide bonds. The van der Waals surface area contributed by atoms with Crippen molar-refractivity contribution in [2.45, 2.75) is 6.54 Å². The zero-order valence-electron chi connectivity index (χ0n) is 5.41. The van der Waals surface area contributed by atoms with Crippen LogP contribution in [0.3, 0.4) is 0 Å². The Balaban J connectivity index is 2.58. The molecule has 1 rings (SSSR count). The number of aromatic nitrogens is 1. The van der Waals surface area contributed by atoms with Gasteiger partial charge in [-0.3, -0.25) is 0 Å². The topological polar surface area (TPSA) is 37.6 Å². The molecule has 3 nitrogen and oxygen atoms in total. The van der Waals surface area contributed by atoms with Gasteiger partial charge >= 0.3 is 0 Å². The van der Waals surface area contributed by atoms with Crippen LogP contribution in [0.1, 0.15) is 5.01 Å². The predicted octanol–water partition coefficient (Wildman–Crippen LogP) is 2.38. The molecule has 0 N–H and O–H groups in total. The van der Waals surface area contributed by atoms with E-state index in [1.165, 1.54) is 11.3 Å². The van der Waals surface area contributed by atoms with Gasteiger partial charge in [-0.25, -0.2) is 4.98 Å². The Bertz CT molecular complexity index is 233. The highest BCUT2D eigenvalue weighted by atomic mass is 35.5. The Labute approximate surface area is 67.8 Å². The third-order valence-corrected chi connectivity index (χ3v) is 1.97. The second kappa shape index (κ2) is 3.63. The highest BCUT2D eigenvalue weighted by Crippen LogP contribution is 2.18. The molecular weight excluding hydrogens is 170 g/mol. The summed E-state index contributed by atoms with van der Waals surface area (Å²) in [6, 6.07) is 0. The lowest BCUT2D eigenvalue weighted by molar-refractivity contribution is 0.922. The molecule has 0 saturated carbocycles. The summed E-state index contributed by atoms with van der Waals surface area (Å²) in [6.07, 6.45) is 1.62. The number of nitrogens with zero attached hydrogens (tertiary/aromatic N) is 3. The van der Waals surface area contributed by atoms with Crippen LogP contribution in [0.2, 0.25) is 4.34 Å². The van der Waals surface area contributed by atoms with Gasteiger partial charge in [-0.15, -0.1) is 11.3 Å². The molecule has 1 aromatic rings. The van der Waals surface area contributed by atoms with Gasteiger partial charge in [-0.05, 0) is 0 Å². The molecule has 10 heavy (non-hydrogen) atoms. The van der Waals surface area contributed by atoms with Crippen molar-refractivity contribution in [3.63, 3.8) is 0 Å². The third kappa shape index (κ3) is 2.04. The molecule has 0 saturated heterocycles. The number of hydrogen-bond acceptors (Lipinski definition) is 4. The van der Waals surface area contributed by atoms with E-state index in [4.69, 9.17) is 11.6 Å². The second-order valence-corrected chi connectivity index (χ2v) is 3.30. The summed E-state index contributed by atoms with van der Waals surface area (Å²) in [7, 11) is 1.63. The van der Waals surface area contributed by atoms with Crippen molar-refractivity contribution >= 4 is 22.9 Å². The molecule has 5 heteroatoms. The molecule has 0 unspecified atom stereocenters. The third-order valence-electron chi connectivity index (χ3n) is 0.873. The summed E-state index contributed by atoms with van der Waals surface area (Å²) in [5.74, 6) is 0. The van der Waals surface area contributed by atoms with Crippen LogP contribution >= 0.6 is 22.9 Å². The molecule has 0 aliphatic rings. The Morgan fingerprint density at radius 1 is 1.80 bits per heavy atom. The fourth-order valence-electron chi connectivity index (χ4n) is 0.492. The number of hydrogen-bond donors (Lipinski definition) is 0. The van der Waals surface area contributed by atoms with E-state index in [0.29, 0.717) is 10.9 Å². The molecule has 0 aliphatic carbocycles. The maximum absolute atomic E-state index is 5.62. The van der Waals surface area contributed by atoms with Gasteiger partial charge in [0.05, 0.1) is 6.20 Å². The predicted molar refractivity (Wildman–Crippen MR) is 41.6 cm³/mol. The Kier molecular flexibility index (Phi) is 2.77. The quantitative estimate of drug-likeness (QED) is 0.636. The van der Waals surface area contributed by atoms with E-state index in [1.807, 2.05) is 0 Å². The molecule has 0 radical (unpaired) electrons. The standard InChI is InChI=1S/C5H6ClN3S/c1-7-9-3-5-8-2-4(6)10-5/h2H,3H2,1H3. The van der Waals surface area contributed by atoms with Crippen LogP contribution < -0.4 is 0 Å². The van der Waals surface area contributed by atoms with E-state index in [2.05, 4.69) is 15.2 Å². The fourth-order valence-corrected chi connectivity index (χ4v) is 1.37. The monoisotopic (exact) mass is 175 g/mol. The molecule has 1 aromatic heterocycles. The van der Waals surface area contributed by atoms with Crippen molar-refractivity contribution in [2.24, 2.45) is 10.2 Å². The number of halogens is 1. The lowest BCUT2D eigenvalue weighted by atomic mass is 10.7. The van der Waals surface area contributed by atoms with Crippen molar-refractivity contribution in [1.29, 1.82) is 0 Å². The summed E-state index contributed by atoms with van der Waals surface area (Å²) in [6.45, 7) is 0.536. The van der Waals surface area contributed by atoms with Crippen molar-refractivity contribution in [2.75, 3.05) is 7.05 Å². The summed E-state index contributed by atoms with van der Waals surface area (Å²) in [5.41, 5.74) is 0. The van der Waals surface area contributed by atoms with E-state index in [-0.39, 0.29) is 0 Å². The first-order chi connectivity index (χ1) is 4.83. The first-order valence-corrected chi connectivity index (χ1v) is 3.88. The Morgan fingerprint density at radius 3 is 3.10 bits per heavy atom. The van der Waals surface area contributed by atoms with Gasteiger partial charge in [0.15, 0.2) is 0 Å². The molecule has 54 valence electrons. The van der Waals surface area contributed by atoms with Gasteiger partial charge < -0.3 is 0 Å². The van der Waals surface area contributed by atoms with Crippen LogP contribution in [-0.4, -0.2) is 12.0 Å². The van der Waals surface area contributed by atoms with Gasteiger partial charge in [-0.2, -0.15) is 10.2 Å². The lowest BCUT2D eigenvalue weighted by Crippen LogP contribution is -1.74. The van der Waals surface area contributed by atoms with E-state index in [0.717, 1.165) is 5.01 Å². The highest BCUT2D eigenvalue weighted by molar-refractivity contribution is 7.15. The largest absolute Gasteiger partial charge is 0.246 e. The number of thiazole rings is 1. The maximum Gasteiger partial charge on any atom is 0.117 e. The molecule has 0 atom stereocenters. The maximum atomic E-state index is 5.62.